The van der Waals surface area contributed by atoms with E-state index in [9.17, 15) is 18.0 Å². The lowest BCUT2D eigenvalue weighted by atomic mass is 10.1. The lowest BCUT2D eigenvalue weighted by Gasteiger charge is -2.26. The van der Waals surface area contributed by atoms with Crippen LogP contribution in [0.3, 0.4) is 0 Å². The number of hydrogen-bond donors (Lipinski definition) is 3. The van der Waals surface area contributed by atoms with Crippen LogP contribution in [-0.2, 0) is 11.0 Å². The Morgan fingerprint density at radius 2 is 2.07 bits per heavy atom. The molecule has 0 unspecified atom stereocenters. The quantitative estimate of drug-likeness (QED) is 0.523. The molecule has 1 aromatic heterocycles. The number of nitrogens with two attached hydrogens (primary N) is 2. The molecule has 11 heteroatoms. The molecular formula is C17H19F3N6OS. The molecule has 2 aromatic rings. The highest BCUT2D eigenvalue weighted by atomic mass is 32.2. The van der Waals surface area contributed by atoms with E-state index in [1.807, 2.05) is 0 Å². The van der Waals surface area contributed by atoms with Gasteiger partial charge in [0, 0.05) is 12.2 Å². The molecule has 0 saturated carbocycles. The maximum Gasteiger partial charge on any atom is 0.416 e. The molecule has 2 heterocycles. The Bertz CT molecular complexity index is 892. The lowest BCUT2D eigenvalue weighted by Crippen LogP contribution is -2.40. The van der Waals surface area contributed by atoms with Gasteiger partial charge in [-0.3, -0.25) is 4.79 Å². The Morgan fingerprint density at radius 3 is 2.75 bits per heavy atom. The van der Waals surface area contributed by atoms with Crippen molar-refractivity contribution in [3.63, 3.8) is 0 Å². The molecule has 1 fully saturated rings. The number of benzene rings is 1. The molecule has 1 aliphatic heterocycles. The van der Waals surface area contributed by atoms with Gasteiger partial charge in [-0.15, -0.1) is 11.8 Å². The molecule has 3 rings (SSSR count). The predicted molar refractivity (Wildman–Crippen MR) is 103 cm³/mol. The largest absolute Gasteiger partial charge is 0.416 e. The zero-order valence-electron chi connectivity index (χ0n) is 15.0. The van der Waals surface area contributed by atoms with Gasteiger partial charge in [0.1, 0.15) is 16.8 Å². The van der Waals surface area contributed by atoms with Crippen molar-refractivity contribution >= 4 is 40.8 Å². The zero-order valence-corrected chi connectivity index (χ0v) is 15.8. The zero-order chi connectivity index (χ0) is 20.5. The topological polar surface area (TPSA) is 110 Å². The summed E-state index contributed by atoms with van der Waals surface area (Å²) >= 11 is 1.31. The Hall–Kier alpha value is -2.69. The molecule has 1 aliphatic rings. The van der Waals surface area contributed by atoms with Crippen molar-refractivity contribution in [2.45, 2.75) is 30.1 Å². The molecule has 0 radical (unpaired) electrons. The minimum atomic E-state index is -4.48. The predicted octanol–water partition coefficient (Wildman–Crippen LogP) is 2.99. The molecule has 0 bridgehead atoms. The second kappa shape index (κ2) is 7.74. The highest BCUT2D eigenvalue weighted by Gasteiger charge is 2.34. The van der Waals surface area contributed by atoms with Crippen LogP contribution in [0.5, 0.6) is 0 Å². The number of rotatable bonds is 4. The molecule has 0 spiro atoms. The summed E-state index contributed by atoms with van der Waals surface area (Å²) < 4.78 is 38.6. The fraction of sp³-hybridized carbons (Fsp3) is 0.353. The van der Waals surface area contributed by atoms with Crippen LogP contribution < -0.4 is 21.7 Å². The summed E-state index contributed by atoms with van der Waals surface area (Å²) in [4.78, 5) is 22.7. The molecular weight excluding hydrogens is 393 g/mol. The fourth-order valence-corrected chi connectivity index (χ4v) is 3.62. The highest BCUT2D eigenvalue weighted by Crippen LogP contribution is 2.35. The van der Waals surface area contributed by atoms with Crippen molar-refractivity contribution in [3.05, 3.63) is 29.8 Å². The van der Waals surface area contributed by atoms with Crippen molar-refractivity contribution < 1.29 is 18.0 Å². The Labute approximate surface area is 163 Å². The number of nitrogen functional groups attached to an aromatic ring is 2. The molecule has 1 aromatic carbocycles. The summed E-state index contributed by atoms with van der Waals surface area (Å²) in [6.45, 7) is 0.523. The number of thioether (sulfide) groups is 1. The van der Waals surface area contributed by atoms with Gasteiger partial charge in [-0.05, 0) is 37.3 Å². The molecule has 5 N–H and O–H groups in total. The lowest BCUT2D eigenvalue weighted by molar-refractivity contribution is -0.137. The first kappa shape index (κ1) is 20.1. The number of amides is 1. The first-order valence-electron chi connectivity index (χ1n) is 8.42. The van der Waals surface area contributed by atoms with E-state index in [0.717, 1.165) is 12.1 Å². The third kappa shape index (κ3) is 4.08. The monoisotopic (exact) mass is 412 g/mol. The van der Waals surface area contributed by atoms with Crippen molar-refractivity contribution in [1.29, 1.82) is 0 Å². The average molecular weight is 412 g/mol. The normalized spacial score (nSPS) is 17.0. The molecule has 28 heavy (non-hydrogen) atoms. The summed E-state index contributed by atoms with van der Waals surface area (Å²) in [5.74, 6) is -0.0323. The van der Waals surface area contributed by atoms with Gasteiger partial charge in [-0.2, -0.15) is 18.2 Å². The van der Waals surface area contributed by atoms with E-state index in [-0.39, 0.29) is 11.6 Å². The second-order valence-corrected chi connectivity index (χ2v) is 7.04. The summed E-state index contributed by atoms with van der Waals surface area (Å²) in [7, 11) is 0. The van der Waals surface area contributed by atoms with Crippen LogP contribution in [0.25, 0.3) is 0 Å². The van der Waals surface area contributed by atoms with Crippen LogP contribution in [0.4, 0.5) is 36.3 Å². The van der Waals surface area contributed by atoms with Crippen molar-refractivity contribution in [2.75, 3.05) is 34.5 Å². The van der Waals surface area contributed by atoms with Crippen LogP contribution in [0.2, 0.25) is 0 Å². The van der Waals surface area contributed by atoms with E-state index in [1.54, 1.807) is 11.2 Å². The third-order valence-electron chi connectivity index (χ3n) is 4.39. The van der Waals surface area contributed by atoms with E-state index >= 15 is 0 Å². The van der Waals surface area contributed by atoms with Gasteiger partial charge in [0.05, 0.1) is 5.56 Å². The van der Waals surface area contributed by atoms with Gasteiger partial charge >= 0.3 is 6.18 Å². The van der Waals surface area contributed by atoms with Crippen LogP contribution >= 0.6 is 11.8 Å². The average Bonchev–Trinajstić information content (AvgIpc) is 3.12. The molecule has 1 saturated heterocycles. The van der Waals surface area contributed by atoms with Crippen molar-refractivity contribution in [2.24, 2.45) is 0 Å². The number of nitrogens with one attached hydrogen (secondary N) is 1. The Balaban J connectivity index is 1.84. The van der Waals surface area contributed by atoms with Gasteiger partial charge in [-0.25, -0.2) is 4.98 Å². The van der Waals surface area contributed by atoms with Gasteiger partial charge in [0.2, 0.25) is 11.9 Å². The number of halogens is 3. The third-order valence-corrected chi connectivity index (χ3v) is 5.08. The molecule has 0 aliphatic carbocycles. The summed E-state index contributed by atoms with van der Waals surface area (Å²) in [6, 6.07) is 3.89. The van der Waals surface area contributed by atoms with Crippen molar-refractivity contribution in [3.8, 4) is 0 Å². The minimum Gasteiger partial charge on any atom is -0.394 e. The summed E-state index contributed by atoms with van der Waals surface area (Å²) in [5, 5.41) is 3.06. The SMILES string of the molecule is CSc1nc(N)nc(N2CCC[C@@H]2C(=O)Nc2cccc(C(F)(F)F)c2)c1N. The standard InChI is InChI=1S/C17H19F3N6OS/c1-28-15-12(21)13(24-16(22)25-15)26-7-3-6-11(26)14(27)23-10-5-2-4-9(8-10)17(18,19)20/h2,4-5,8,11H,3,6-7,21H2,1H3,(H,23,27)(H2,22,24,25)/t11-/m1/s1. The highest BCUT2D eigenvalue weighted by molar-refractivity contribution is 7.98. The Kier molecular flexibility index (Phi) is 5.54. The van der Waals surface area contributed by atoms with E-state index in [4.69, 9.17) is 11.5 Å². The van der Waals surface area contributed by atoms with Crippen LogP contribution in [-0.4, -0.2) is 34.7 Å². The van der Waals surface area contributed by atoms with Gasteiger partial charge in [0.15, 0.2) is 5.82 Å². The van der Waals surface area contributed by atoms with Crippen LogP contribution in [0.15, 0.2) is 29.3 Å². The van der Waals surface area contributed by atoms with Gasteiger partial charge < -0.3 is 21.7 Å². The van der Waals surface area contributed by atoms with E-state index < -0.39 is 23.7 Å². The number of anilines is 4. The fourth-order valence-electron chi connectivity index (χ4n) is 3.12. The van der Waals surface area contributed by atoms with Gasteiger partial charge in [0.25, 0.3) is 0 Å². The molecule has 1 atom stereocenters. The maximum absolute atomic E-state index is 12.9. The second-order valence-electron chi connectivity index (χ2n) is 6.25. The maximum atomic E-state index is 12.9. The first-order valence-corrected chi connectivity index (χ1v) is 9.65. The number of hydrogen-bond acceptors (Lipinski definition) is 7. The summed E-state index contributed by atoms with van der Waals surface area (Å²) in [5.41, 5.74) is 11.4. The van der Waals surface area contributed by atoms with Crippen LogP contribution in [0.1, 0.15) is 18.4 Å². The molecule has 1 amide bonds. The van der Waals surface area contributed by atoms with E-state index in [2.05, 4.69) is 15.3 Å². The Morgan fingerprint density at radius 1 is 1.32 bits per heavy atom. The number of nitrogens with zero attached hydrogens (tertiary/aromatic N) is 3. The summed E-state index contributed by atoms with van der Waals surface area (Å²) in [6.07, 6.45) is -1.47. The molecule has 7 nitrogen and oxygen atoms in total. The molecule has 150 valence electrons. The smallest absolute Gasteiger partial charge is 0.394 e. The minimum absolute atomic E-state index is 0.0393. The van der Waals surface area contributed by atoms with E-state index in [0.29, 0.717) is 35.9 Å². The van der Waals surface area contributed by atoms with E-state index in [1.165, 1.54) is 23.9 Å². The van der Waals surface area contributed by atoms with Gasteiger partial charge in [-0.1, -0.05) is 6.07 Å². The number of alkyl halides is 3. The number of carbonyl (C=O) groups excluding carboxylic acids is 1. The number of carbonyl (C=O) groups is 1. The van der Waals surface area contributed by atoms with Crippen molar-refractivity contribution in [1.82, 2.24) is 9.97 Å². The number of aromatic nitrogens is 2. The first-order chi connectivity index (χ1) is 13.2. The van der Waals surface area contributed by atoms with Crippen LogP contribution in [0, 0.1) is 0 Å².